The van der Waals surface area contributed by atoms with Crippen LogP contribution in [0.2, 0.25) is 0 Å². The number of thiocarbonyl (C=S) groups is 1. The number of anilines is 3. The minimum Gasteiger partial charge on any atom is -0.497 e. The largest absolute Gasteiger partial charge is 0.497 e. The number of nitrogens with two attached hydrogens (primary N) is 1. The summed E-state index contributed by atoms with van der Waals surface area (Å²) in [7, 11) is 5.28. The molecule has 0 saturated heterocycles. The molecule has 0 unspecified atom stereocenters. The van der Waals surface area contributed by atoms with E-state index in [0.717, 1.165) is 33.9 Å². The molecule has 0 atom stereocenters. The molecule has 0 saturated carbocycles. The monoisotopic (exact) mass is 1070 g/mol. The molecule has 8 N–H and O–H groups in total. The van der Waals surface area contributed by atoms with Gasteiger partial charge in [-0.1, -0.05) is 24.3 Å². The lowest BCUT2D eigenvalue weighted by atomic mass is 10.1. The average molecular weight is 1070 g/mol. The Bertz CT molecular complexity index is 3350. The fraction of sp³-hybridized carbons (Fsp3) is 0.130. The maximum atomic E-state index is 14.4. The number of methoxy groups -OCH3 is 2. The van der Waals surface area contributed by atoms with Crippen LogP contribution in [-0.4, -0.2) is 77.1 Å². The Labute approximate surface area is 422 Å². The fourth-order valence-electron chi connectivity index (χ4n) is 6.30. The number of rotatable bonds is 9. The highest BCUT2D eigenvalue weighted by atomic mass is 32.1. The van der Waals surface area contributed by atoms with Crippen LogP contribution in [0.15, 0.2) is 114 Å². The summed E-state index contributed by atoms with van der Waals surface area (Å²) >= 11 is 4.94. The quantitative estimate of drug-likeness (QED) is 0.0236. The number of halogens is 10. The first-order valence-corrected chi connectivity index (χ1v) is 21.4. The second-order valence-corrected chi connectivity index (χ2v) is 15.5. The number of aryl methyl sites for hydroxylation is 2. The molecule has 4 aromatic heterocycles. The lowest BCUT2D eigenvalue weighted by Gasteiger charge is -2.12. The van der Waals surface area contributed by atoms with Crippen molar-refractivity contribution in [2.75, 3.05) is 30.6 Å². The number of aromatic amines is 2. The van der Waals surface area contributed by atoms with Crippen LogP contribution < -0.4 is 36.5 Å². The second-order valence-electron chi connectivity index (χ2n) is 15.1. The van der Waals surface area contributed by atoms with Gasteiger partial charge in [-0.2, -0.15) is 51.7 Å². The van der Waals surface area contributed by atoms with Crippen LogP contribution in [0.3, 0.4) is 0 Å². The smallest absolute Gasteiger partial charge is 0.435 e. The van der Waals surface area contributed by atoms with Crippen molar-refractivity contribution in [2.24, 2.45) is 19.1 Å². The predicted octanol–water partition coefficient (Wildman–Crippen LogP) is 9.16. The predicted molar refractivity (Wildman–Crippen MR) is 257 cm³/mol. The number of nitrogens with zero attached hydrogens (tertiary/aromatic N) is 7. The van der Waals surface area contributed by atoms with Crippen LogP contribution in [-0.2, 0) is 26.4 Å². The Hall–Kier alpha value is -9.28. The number of guanidine groups is 1. The van der Waals surface area contributed by atoms with Crippen molar-refractivity contribution < 1.29 is 63.0 Å². The van der Waals surface area contributed by atoms with E-state index < -0.39 is 70.1 Å². The first-order chi connectivity index (χ1) is 35.4. The molecule has 0 fully saturated rings. The van der Waals surface area contributed by atoms with Gasteiger partial charge >= 0.3 is 12.4 Å². The first kappa shape index (κ1) is 55.0. The summed E-state index contributed by atoms with van der Waals surface area (Å²) in [5.41, 5.74) is 1.87. The van der Waals surface area contributed by atoms with Crippen molar-refractivity contribution in [1.82, 2.24) is 50.6 Å². The molecule has 8 rings (SSSR count). The molecule has 392 valence electrons. The summed E-state index contributed by atoms with van der Waals surface area (Å²) < 4.78 is 146. The van der Waals surface area contributed by atoms with Crippen LogP contribution in [0.1, 0.15) is 32.1 Å². The number of amides is 2. The second kappa shape index (κ2) is 23.5. The van der Waals surface area contributed by atoms with Crippen molar-refractivity contribution >= 4 is 58.1 Å². The van der Waals surface area contributed by atoms with Gasteiger partial charge < -0.3 is 25.8 Å². The number of nitrogens with one attached hydrogen (secondary N) is 6. The summed E-state index contributed by atoms with van der Waals surface area (Å²) in [6.07, 6.45) is -7.88. The lowest BCUT2D eigenvalue weighted by Crippen LogP contribution is -2.36. The highest BCUT2D eigenvalue weighted by Crippen LogP contribution is 2.33. The molecule has 4 aromatic carbocycles. The zero-order chi connectivity index (χ0) is 54.8. The van der Waals surface area contributed by atoms with E-state index >= 15 is 0 Å². The Morgan fingerprint density at radius 1 is 0.640 bits per heavy atom. The highest BCUT2D eigenvalue weighted by Gasteiger charge is 2.40. The maximum Gasteiger partial charge on any atom is 0.435 e. The van der Waals surface area contributed by atoms with E-state index in [-0.39, 0.29) is 50.8 Å². The van der Waals surface area contributed by atoms with E-state index in [9.17, 15) is 53.5 Å². The number of hydrogen-bond donors (Lipinski definition) is 7. The summed E-state index contributed by atoms with van der Waals surface area (Å²) in [5.74, 6) is -4.33. The zero-order valence-corrected chi connectivity index (χ0v) is 39.7. The van der Waals surface area contributed by atoms with E-state index in [1.54, 1.807) is 18.2 Å². The van der Waals surface area contributed by atoms with Crippen LogP contribution in [0.4, 0.5) is 66.9 Å². The number of para-hydroxylation sites is 2. The standard InChI is InChI=1S/C23H18F5N7O2.C17H14F4N6O2S.C6H6FN/c1-35-11-14(20(34-35)23(26,27)28)21(36)31-22(29-17-6-4-3-5-15(17)24)30-19-10-18(32-33-19)13-8-7-12(37-2)9-16(13)25;1-27-7-10(14(26-27)17(19,20)21)15(28)23-16(30)22-13-6-12(24-25-13)9-4-3-8(29-2)5-11(9)18;7-5-3-1-2-4-6(5)8/h3-11H,1-2H3,(H3,29,30,31,32,33,36);3-7H,1-2H3,(H3,22,23,24,25,28,30);1-4H,8H2. The molecule has 4 heterocycles. The van der Waals surface area contributed by atoms with Crippen molar-refractivity contribution in [3.63, 3.8) is 0 Å². The summed E-state index contributed by atoms with van der Waals surface area (Å²) in [5, 5.41) is 28.6. The summed E-state index contributed by atoms with van der Waals surface area (Å²) in [6.45, 7) is 0. The van der Waals surface area contributed by atoms with Gasteiger partial charge in [-0.05, 0) is 60.7 Å². The Morgan fingerprint density at radius 3 is 1.61 bits per heavy atom. The van der Waals surface area contributed by atoms with Crippen molar-refractivity contribution in [3.8, 4) is 34.0 Å². The number of H-pyrrole nitrogens is 2. The third-order valence-electron chi connectivity index (χ3n) is 9.72. The van der Waals surface area contributed by atoms with Crippen LogP contribution in [0.5, 0.6) is 11.5 Å². The highest BCUT2D eigenvalue weighted by molar-refractivity contribution is 7.80. The van der Waals surface area contributed by atoms with E-state index in [1.165, 1.54) is 95.0 Å². The molecule has 8 aromatic rings. The Morgan fingerprint density at radius 2 is 1.13 bits per heavy atom. The topological polar surface area (TPSA) is 232 Å². The van der Waals surface area contributed by atoms with Crippen LogP contribution in [0.25, 0.3) is 22.5 Å². The van der Waals surface area contributed by atoms with Gasteiger partial charge in [0, 0.05) is 61.9 Å². The van der Waals surface area contributed by atoms with Gasteiger partial charge in [-0.15, -0.1) is 0 Å². The minimum atomic E-state index is -4.90. The molecule has 0 radical (unpaired) electrons. The number of hydrogen-bond acceptors (Lipinski definition) is 11. The number of carbonyl (C=O) groups is 2. The molecule has 29 heteroatoms. The van der Waals surface area contributed by atoms with E-state index in [4.69, 9.17) is 27.4 Å². The molecule has 0 aliphatic heterocycles. The Balaban J connectivity index is 0.000000215. The molecular weight excluding hydrogens is 1030 g/mol. The number of aromatic nitrogens is 8. The van der Waals surface area contributed by atoms with Gasteiger partial charge in [0.1, 0.15) is 34.8 Å². The molecule has 2 amide bonds. The van der Waals surface area contributed by atoms with Crippen LogP contribution in [0, 0.1) is 23.3 Å². The van der Waals surface area contributed by atoms with Gasteiger partial charge in [-0.25, -0.2) is 17.6 Å². The van der Waals surface area contributed by atoms with Crippen molar-refractivity contribution in [2.45, 2.75) is 12.4 Å². The third kappa shape index (κ3) is 14.5. The first-order valence-electron chi connectivity index (χ1n) is 21.0. The number of ether oxygens (including phenoxy) is 2. The summed E-state index contributed by atoms with van der Waals surface area (Å²) in [4.78, 5) is 29.0. The molecule has 18 nitrogen and oxygen atoms in total. The van der Waals surface area contributed by atoms with Gasteiger partial charge in [-0.3, -0.25) is 39.8 Å². The normalized spacial score (nSPS) is 11.4. The summed E-state index contributed by atoms with van der Waals surface area (Å²) in [6, 6.07) is 22.6. The molecular formula is C46H38F10N14O4S. The van der Waals surface area contributed by atoms with Gasteiger partial charge in [0.25, 0.3) is 11.8 Å². The molecule has 0 spiro atoms. The van der Waals surface area contributed by atoms with Crippen molar-refractivity contribution in [1.29, 1.82) is 0 Å². The third-order valence-corrected chi connectivity index (χ3v) is 9.92. The average Bonchev–Trinajstić information content (AvgIpc) is 4.18. The van der Waals surface area contributed by atoms with Crippen molar-refractivity contribution in [3.05, 3.63) is 155 Å². The number of benzene rings is 4. The van der Waals surface area contributed by atoms with Gasteiger partial charge in [0.05, 0.1) is 48.1 Å². The van der Waals surface area contributed by atoms with Gasteiger partial charge in [0.2, 0.25) is 5.96 Å². The molecule has 75 heavy (non-hydrogen) atoms. The lowest BCUT2D eigenvalue weighted by molar-refractivity contribution is -0.142. The van der Waals surface area contributed by atoms with E-state index in [0.29, 0.717) is 17.2 Å². The van der Waals surface area contributed by atoms with Crippen LogP contribution >= 0.6 is 12.2 Å². The van der Waals surface area contributed by atoms with Gasteiger partial charge in [0.15, 0.2) is 28.1 Å². The zero-order valence-electron chi connectivity index (χ0n) is 38.9. The number of nitrogen functional groups attached to an aromatic ring is 1. The molecule has 0 aliphatic carbocycles. The van der Waals surface area contributed by atoms with E-state index in [1.807, 2.05) is 0 Å². The SMILES string of the molecule is COc1ccc(-c2cc(N=C(NC(=O)c3cn(C)nc3C(F)(F)F)Nc3ccccc3F)n[nH]2)c(F)c1.COc1ccc(-c2cc(NC(=S)NC(=O)c3cn(C)nc3C(F)(F)F)n[nH]2)c(F)c1.Nc1ccccc1F. The van der Waals surface area contributed by atoms with E-state index in [2.05, 4.69) is 56.9 Å². The molecule has 0 aliphatic rings. The maximum absolute atomic E-state index is 14.4. The Kier molecular flexibility index (Phi) is 17.3. The number of carbonyl (C=O) groups excluding carboxylic acids is 2. The molecule has 0 bridgehead atoms. The number of alkyl halides is 6. The number of aliphatic imine (C=N–C) groups is 1. The fourth-order valence-corrected chi connectivity index (χ4v) is 6.50. The minimum absolute atomic E-state index is 0.0911.